The Hall–Kier alpha value is -5.16. The molecule has 19 nitrogen and oxygen atoms in total. The van der Waals surface area contributed by atoms with E-state index in [1.165, 1.54) is 66.2 Å². The van der Waals surface area contributed by atoms with E-state index < -0.39 is 75.3 Å². The van der Waals surface area contributed by atoms with Gasteiger partial charge in [-0.2, -0.15) is 17.7 Å². The third kappa shape index (κ3) is 9.97. The summed E-state index contributed by atoms with van der Waals surface area (Å²) in [4.78, 5) is 77.6. The maximum Gasteiger partial charge on any atom is 0.485 e. The SMILES string of the molecule is CC(=O)OC[C@H]1O[C@@H]([n+]2cccc(C(=O)OCCCn3c(=O)c4c(ncn4C)n(C)c3=O)c2)[C@H](OC(C)=O)[C@@H]1OC(C)=O.O=S(=O)([O-])C(F)(F)F. The lowest BCUT2D eigenvalue weighted by atomic mass is 10.1. The summed E-state index contributed by atoms with van der Waals surface area (Å²) in [5, 5.41) is 0. The number of alkyl halides is 3. The minimum atomic E-state index is -6.09. The minimum Gasteiger partial charge on any atom is -0.741 e. The molecule has 1 aliphatic rings. The second-order valence-corrected chi connectivity index (χ2v) is 12.1. The lowest BCUT2D eigenvalue weighted by molar-refractivity contribution is -0.765. The number of aryl methyl sites for hydroxylation is 2. The summed E-state index contributed by atoms with van der Waals surface area (Å²) in [6, 6.07) is 3.03. The molecular weight excluding hydrogens is 719 g/mol. The molecule has 0 spiro atoms. The van der Waals surface area contributed by atoms with Crippen molar-refractivity contribution in [2.24, 2.45) is 14.1 Å². The van der Waals surface area contributed by atoms with Gasteiger partial charge in [0.15, 0.2) is 39.8 Å². The van der Waals surface area contributed by atoms with E-state index in [1.54, 1.807) is 13.2 Å². The van der Waals surface area contributed by atoms with Crippen molar-refractivity contribution in [3.8, 4) is 0 Å². The van der Waals surface area contributed by atoms with Crippen LogP contribution in [-0.4, -0.2) is 92.6 Å². The molecule has 0 aliphatic carbocycles. The molecule has 4 atom stereocenters. The highest BCUT2D eigenvalue weighted by Crippen LogP contribution is 2.31. The maximum absolute atomic E-state index is 12.9. The van der Waals surface area contributed by atoms with Crippen molar-refractivity contribution in [3.05, 3.63) is 57.3 Å². The lowest BCUT2D eigenvalue weighted by Gasteiger charge is -2.21. The lowest BCUT2D eigenvalue weighted by Crippen LogP contribution is -2.48. The minimum absolute atomic E-state index is 0.00986. The van der Waals surface area contributed by atoms with E-state index in [0.29, 0.717) is 0 Å². The smallest absolute Gasteiger partial charge is 0.485 e. The van der Waals surface area contributed by atoms with Crippen molar-refractivity contribution in [3.63, 3.8) is 0 Å². The quantitative estimate of drug-likeness (QED) is 0.0625. The maximum atomic E-state index is 12.9. The van der Waals surface area contributed by atoms with Crippen molar-refractivity contribution >= 4 is 45.2 Å². The monoisotopic (exact) mass is 751 g/mol. The number of hydrogen-bond acceptors (Lipinski definition) is 15. The fourth-order valence-corrected chi connectivity index (χ4v) is 4.77. The van der Waals surface area contributed by atoms with Crippen LogP contribution in [0.4, 0.5) is 13.2 Å². The number of aromatic nitrogens is 5. The van der Waals surface area contributed by atoms with Gasteiger partial charge in [0.2, 0.25) is 6.10 Å². The Balaban J connectivity index is 0.000000783. The third-order valence-corrected chi connectivity index (χ3v) is 7.50. The van der Waals surface area contributed by atoms with Gasteiger partial charge in [-0.15, -0.1) is 0 Å². The molecular formula is C28H32F3N5O14S. The molecule has 1 fully saturated rings. The van der Waals surface area contributed by atoms with Crippen molar-refractivity contribution in [1.82, 2.24) is 18.7 Å². The van der Waals surface area contributed by atoms with Crippen LogP contribution in [0.1, 0.15) is 43.8 Å². The highest BCUT2D eigenvalue weighted by Gasteiger charge is 2.54. The van der Waals surface area contributed by atoms with Crippen LogP contribution in [0.5, 0.6) is 0 Å². The molecule has 23 heteroatoms. The summed E-state index contributed by atoms with van der Waals surface area (Å²) >= 11 is 0. The van der Waals surface area contributed by atoms with E-state index >= 15 is 0 Å². The van der Waals surface area contributed by atoms with Crippen LogP contribution in [0.2, 0.25) is 0 Å². The van der Waals surface area contributed by atoms with Gasteiger partial charge < -0.3 is 32.8 Å². The Morgan fingerprint density at radius 3 is 2.20 bits per heavy atom. The molecule has 4 heterocycles. The molecule has 3 aromatic heterocycles. The molecule has 0 N–H and O–H groups in total. The fraction of sp³-hybridized carbons (Fsp3) is 0.500. The van der Waals surface area contributed by atoms with Gasteiger partial charge in [-0.25, -0.2) is 23.0 Å². The first-order valence-electron chi connectivity index (χ1n) is 14.6. The van der Waals surface area contributed by atoms with Gasteiger partial charge in [-0.1, -0.05) is 0 Å². The molecule has 0 saturated carbocycles. The van der Waals surface area contributed by atoms with Gasteiger partial charge in [-0.3, -0.25) is 28.3 Å². The van der Waals surface area contributed by atoms with Gasteiger partial charge in [0.25, 0.3) is 5.56 Å². The summed E-state index contributed by atoms with van der Waals surface area (Å²) in [6.45, 7) is 3.20. The van der Waals surface area contributed by atoms with Gasteiger partial charge >= 0.3 is 41.3 Å². The number of ether oxygens (including phenoxy) is 5. The number of pyridine rings is 1. The van der Waals surface area contributed by atoms with E-state index in [1.807, 2.05) is 0 Å². The van der Waals surface area contributed by atoms with Crippen LogP contribution < -0.4 is 15.8 Å². The topological polar surface area (TPSA) is 237 Å². The summed E-state index contributed by atoms with van der Waals surface area (Å²) in [5.41, 5.74) is -6.01. The van der Waals surface area contributed by atoms with Crippen LogP contribution in [0, 0.1) is 0 Å². The predicted molar refractivity (Wildman–Crippen MR) is 159 cm³/mol. The zero-order chi connectivity index (χ0) is 38.4. The first-order chi connectivity index (χ1) is 23.6. The van der Waals surface area contributed by atoms with Crippen LogP contribution in [-0.2, 0) is 68.8 Å². The van der Waals surface area contributed by atoms with Crippen LogP contribution in [0.15, 0.2) is 40.4 Å². The number of halogens is 3. The van der Waals surface area contributed by atoms with Gasteiger partial charge in [0, 0.05) is 47.5 Å². The van der Waals surface area contributed by atoms with E-state index in [0.717, 1.165) is 4.57 Å². The number of hydrogen-bond donors (Lipinski definition) is 0. The summed E-state index contributed by atoms with van der Waals surface area (Å²) in [5.74, 6) is -2.62. The number of esters is 4. The van der Waals surface area contributed by atoms with E-state index in [2.05, 4.69) is 4.98 Å². The predicted octanol–water partition coefficient (Wildman–Crippen LogP) is -0.656. The summed E-state index contributed by atoms with van der Waals surface area (Å²) in [7, 11) is -2.92. The Morgan fingerprint density at radius 2 is 1.63 bits per heavy atom. The standard InChI is InChI=1S/C27H32N5O11.CHF3O3S/c1-15(33)40-13-19-21(41-16(2)34)22(42-17(3)35)25(43-19)31-9-6-8-18(12-31)26(37)39-11-7-10-32-24(36)20-23(28-14-29(20)4)30(5)27(32)38;2-1(3,4)8(5,6)7/h6,8-9,12,14,19,21-22,25H,7,10-11,13H2,1-5H3;(H,5,6,7)/q+1;/p-1/t19-,21-,22-,25-;/m1./s1. The molecule has 1 aliphatic heterocycles. The Morgan fingerprint density at radius 1 is 1.02 bits per heavy atom. The molecule has 0 unspecified atom stereocenters. The zero-order valence-corrected chi connectivity index (χ0v) is 28.3. The van der Waals surface area contributed by atoms with Gasteiger partial charge in [0.1, 0.15) is 18.3 Å². The van der Waals surface area contributed by atoms with E-state index in [4.69, 9.17) is 36.7 Å². The average Bonchev–Trinajstić information content (AvgIpc) is 3.57. The Bertz CT molecular complexity index is 2020. The van der Waals surface area contributed by atoms with Crippen LogP contribution in [0.3, 0.4) is 0 Å². The zero-order valence-electron chi connectivity index (χ0n) is 27.5. The van der Waals surface area contributed by atoms with Crippen molar-refractivity contribution in [2.75, 3.05) is 13.2 Å². The third-order valence-electron chi connectivity index (χ3n) is 6.94. The number of nitrogens with zero attached hydrogens (tertiary/aromatic N) is 5. The van der Waals surface area contributed by atoms with Gasteiger partial charge in [0.05, 0.1) is 12.9 Å². The second kappa shape index (κ2) is 16.2. The molecule has 0 aromatic carbocycles. The second-order valence-electron chi connectivity index (χ2n) is 10.8. The molecule has 0 amide bonds. The van der Waals surface area contributed by atoms with Gasteiger partial charge in [-0.05, 0) is 12.5 Å². The summed E-state index contributed by atoms with van der Waals surface area (Å²) < 4.78 is 91.4. The molecule has 0 bridgehead atoms. The fourth-order valence-electron chi connectivity index (χ4n) is 4.77. The molecule has 280 valence electrons. The molecule has 4 rings (SSSR count). The molecule has 3 aromatic rings. The van der Waals surface area contributed by atoms with Crippen LogP contribution >= 0.6 is 0 Å². The first kappa shape index (κ1) is 40.3. The van der Waals surface area contributed by atoms with E-state index in [9.17, 15) is 41.9 Å². The molecule has 0 radical (unpaired) electrons. The molecule has 1 saturated heterocycles. The average molecular weight is 752 g/mol. The highest BCUT2D eigenvalue weighted by atomic mass is 32.2. The number of fused-ring (bicyclic) bond motifs is 1. The largest absolute Gasteiger partial charge is 0.741 e. The number of carbonyl (C=O) groups is 4. The number of carbonyl (C=O) groups excluding carboxylic acids is 4. The number of rotatable bonds is 10. The normalized spacial score (nSPS) is 18.8. The van der Waals surface area contributed by atoms with Crippen molar-refractivity contribution in [1.29, 1.82) is 0 Å². The van der Waals surface area contributed by atoms with E-state index in [-0.39, 0.29) is 42.9 Å². The van der Waals surface area contributed by atoms with Crippen LogP contribution in [0.25, 0.3) is 11.2 Å². The Labute approximate surface area is 285 Å². The van der Waals surface area contributed by atoms with Crippen molar-refractivity contribution < 1.29 is 73.6 Å². The number of imidazole rings is 1. The summed E-state index contributed by atoms with van der Waals surface area (Å²) in [6.07, 6.45) is 0.335. The first-order valence-corrected chi connectivity index (χ1v) is 16.0. The Kier molecular flexibility index (Phi) is 12.8. The highest BCUT2D eigenvalue weighted by molar-refractivity contribution is 7.86. The molecule has 51 heavy (non-hydrogen) atoms. The van der Waals surface area contributed by atoms with Crippen molar-refractivity contribution in [2.45, 2.75) is 63.8 Å².